The normalized spacial score (nSPS) is 10.9. The van der Waals surface area contributed by atoms with E-state index in [0.29, 0.717) is 0 Å². The fourth-order valence-corrected chi connectivity index (χ4v) is 1.71. The highest BCUT2D eigenvalue weighted by Crippen LogP contribution is 2.16. The molecule has 1 heterocycles. The molecular formula is C9H9N3O6S. The SMILES string of the molecule is COCC(=O)Nc1nc(C(=NOC=O)C(=O)O)cs1. The Hall–Kier alpha value is -2.33. The number of methoxy groups -OCH3 is 1. The predicted molar refractivity (Wildman–Crippen MR) is 63.9 cm³/mol. The zero-order valence-electron chi connectivity index (χ0n) is 9.65. The molecule has 1 aromatic heterocycles. The lowest BCUT2D eigenvalue weighted by atomic mass is 10.3. The number of hydrogen-bond donors (Lipinski definition) is 2. The maximum atomic E-state index is 11.2. The Bertz CT molecular complexity index is 512. The van der Waals surface area contributed by atoms with E-state index in [1.165, 1.54) is 12.5 Å². The highest BCUT2D eigenvalue weighted by atomic mass is 32.1. The van der Waals surface area contributed by atoms with Gasteiger partial charge in [0.05, 0.1) is 0 Å². The second kappa shape index (κ2) is 7.18. The quantitative estimate of drug-likeness (QED) is 0.305. The molecular weight excluding hydrogens is 278 g/mol. The summed E-state index contributed by atoms with van der Waals surface area (Å²) in [6, 6.07) is 0. The molecule has 1 amide bonds. The number of aliphatic carboxylic acids is 1. The smallest absolute Gasteiger partial charge is 0.360 e. The fourth-order valence-electron chi connectivity index (χ4n) is 0.996. The van der Waals surface area contributed by atoms with Crippen molar-refractivity contribution in [1.82, 2.24) is 4.98 Å². The van der Waals surface area contributed by atoms with Gasteiger partial charge >= 0.3 is 12.4 Å². The third-order valence-electron chi connectivity index (χ3n) is 1.66. The average molecular weight is 287 g/mol. The van der Waals surface area contributed by atoms with Gasteiger partial charge in [0.2, 0.25) is 5.71 Å². The fraction of sp³-hybridized carbons (Fsp3) is 0.222. The van der Waals surface area contributed by atoms with Gasteiger partial charge in [-0.2, -0.15) is 0 Å². The summed E-state index contributed by atoms with van der Waals surface area (Å²) in [5.41, 5.74) is -0.581. The van der Waals surface area contributed by atoms with Crippen LogP contribution in [0.3, 0.4) is 0 Å². The number of carboxylic acid groups (broad SMARTS) is 1. The van der Waals surface area contributed by atoms with E-state index in [0.717, 1.165) is 11.3 Å². The zero-order chi connectivity index (χ0) is 14.3. The van der Waals surface area contributed by atoms with Crippen LogP contribution in [-0.2, 0) is 24.0 Å². The highest BCUT2D eigenvalue weighted by Gasteiger charge is 2.18. The van der Waals surface area contributed by atoms with Crippen LogP contribution in [0.1, 0.15) is 5.69 Å². The van der Waals surface area contributed by atoms with Crippen LogP contribution in [0.25, 0.3) is 0 Å². The lowest BCUT2D eigenvalue weighted by Gasteiger charge is -1.99. The van der Waals surface area contributed by atoms with Gasteiger partial charge in [-0.3, -0.25) is 14.9 Å². The lowest BCUT2D eigenvalue weighted by molar-refractivity contribution is -0.130. The number of thiazole rings is 1. The van der Waals surface area contributed by atoms with Crippen molar-refractivity contribution in [3.05, 3.63) is 11.1 Å². The van der Waals surface area contributed by atoms with Crippen LogP contribution in [0.5, 0.6) is 0 Å². The minimum Gasteiger partial charge on any atom is -0.476 e. The van der Waals surface area contributed by atoms with Gasteiger partial charge in [0, 0.05) is 12.5 Å². The second-order valence-corrected chi connectivity index (χ2v) is 3.82. The Morgan fingerprint density at radius 2 is 2.37 bits per heavy atom. The molecule has 0 radical (unpaired) electrons. The minimum atomic E-state index is -1.41. The molecule has 0 saturated heterocycles. The van der Waals surface area contributed by atoms with Gasteiger partial charge in [-0.1, -0.05) is 5.16 Å². The van der Waals surface area contributed by atoms with E-state index < -0.39 is 17.6 Å². The van der Waals surface area contributed by atoms with Crippen molar-refractivity contribution in [2.45, 2.75) is 0 Å². The average Bonchev–Trinajstić information content (AvgIpc) is 2.77. The molecule has 0 unspecified atom stereocenters. The van der Waals surface area contributed by atoms with E-state index in [4.69, 9.17) is 5.11 Å². The van der Waals surface area contributed by atoms with Crippen molar-refractivity contribution < 1.29 is 29.1 Å². The van der Waals surface area contributed by atoms with Gasteiger partial charge in [-0.15, -0.1) is 11.3 Å². The standard InChI is InChI=1S/C9H9N3O6S/c1-17-2-6(14)11-9-10-5(3-19-9)7(8(15)16)12-18-4-13/h3-4H,2H2,1H3,(H,15,16)(H,10,11,14). The molecule has 1 aromatic rings. The summed E-state index contributed by atoms with van der Waals surface area (Å²) >= 11 is 0.996. The van der Waals surface area contributed by atoms with E-state index in [1.54, 1.807) is 0 Å². The molecule has 0 bridgehead atoms. The molecule has 19 heavy (non-hydrogen) atoms. The van der Waals surface area contributed by atoms with Crippen LogP contribution in [0.2, 0.25) is 0 Å². The van der Waals surface area contributed by atoms with Crippen molar-refractivity contribution in [1.29, 1.82) is 0 Å². The molecule has 0 aliphatic carbocycles. The number of carboxylic acids is 1. The number of rotatable bonds is 7. The first-order valence-electron chi connectivity index (χ1n) is 4.74. The van der Waals surface area contributed by atoms with E-state index in [-0.39, 0.29) is 23.9 Å². The van der Waals surface area contributed by atoms with Crippen LogP contribution >= 0.6 is 11.3 Å². The summed E-state index contributed by atoms with van der Waals surface area (Å²) in [5, 5.41) is 15.9. The number of hydrogen-bond acceptors (Lipinski definition) is 8. The van der Waals surface area contributed by atoms with E-state index in [9.17, 15) is 14.4 Å². The maximum absolute atomic E-state index is 11.2. The molecule has 2 N–H and O–H groups in total. The van der Waals surface area contributed by atoms with Crippen LogP contribution in [0.4, 0.5) is 5.13 Å². The Balaban J connectivity index is 2.84. The van der Waals surface area contributed by atoms with Crippen LogP contribution in [0, 0.1) is 0 Å². The molecule has 0 saturated carbocycles. The van der Waals surface area contributed by atoms with E-state index in [2.05, 4.69) is 25.0 Å². The number of nitrogens with one attached hydrogen (secondary N) is 1. The predicted octanol–water partition coefficient (Wildman–Crippen LogP) is -0.310. The first-order valence-corrected chi connectivity index (χ1v) is 5.62. The third kappa shape index (κ3) is 4.44. The van der Waals surface area contributed by atoms with E-state index in [1.807, 2.05) is 0 Å². The van der Waals surface area contributed by atoms with Gasteiger partial charge in [-0.05, 0) is 0 Å². The third-order valence-corrected chi connectivity index (χ3v) is 2.42. The van der Waals surface area contributed by atoms with Crippen LogP contribution < -0.4 is 5.32 Å². The number of oxime groups is 1. The number of nitrogens with zero attached hydrogens (tertiary/aromatic N) is 2. The van der Waals surface area contributed by atoms with Gasteiger partial charge < -0.3 is 14.7 Å². The Morgan fingerprint density at radius 1 is 1.63 bits per heavy atom. The summed E-state index contributed by atoms with van der Waals surface area (Å²) in [6.07, 6.45) is 0. The van der Waals surface area contributed by atoms with Gasteiger partial charge in [0.1, 0.15) is 12.3 Å². The minimum absolute atomic E-state index is 0.0173. The monoisotopic (exact) mass is 287 g/mol. The molecule has 10 heteroatoms. The molecule has 0 fully saturated rings. The topological polar surface area (TPSA) is 127 Å². The van der Waals surface area contributed by atoms with Crippen molar-refractivity contribution in [3.8, 4) is 0 Å². The summed E-state index contributed by atoms with van der Waals surface area (Å²) in [7, 11) is 1.36. The molecule has 0 spiro atoms. The summed E-state index contributed by atoms with van der Waals surface area (Å²) in [6.45, 7) is -0.167. The van der Waals surface area contributed by atoms with Crippen molar-refractivity contribution in [3.63, 3.8) is 0 Å². The van der Waals surface area contributed by atoms with Crippen molar-refractivity contribution in [2.75, 3.05) is 19.0 Å². The van der Waals surface area contributed by atoms with Crippen molar-refractivity contribution >= 4 is 40.5 Å². The summed E-state index contributed by atoms with van der Waals surface area (Å²) in [5.74, 6) is -1.84. The van der Waals surface area contributed by atoms with Gasteiger partial charge in [-0.25, -0.2) is 9.78 Å². The zero-order valence-corrected chi connectivity index (χ0v) is 10.5. The largest absolute Gasteiger partial charge is 0.476 e. The van der Waals surface area contributed by atoms with Gasteiger partial charge in [0.25, 0.3) is 5.91 Å². The maximum Gasteiger partial charge on any atom is 0.360 e. The summed E-state index contributed by atoms with van der Waals surface area (Å²) < 4.78 is 4.61. The molecule has 0 aromatic carbocycles. The first kappa shape index (κ1) is 14.7. The summed E-state index contributed by atoms with van der Waals surface area (Å²) in [4.78, 5) is 39.9. The number of carbonyl (C=O) groups is 3. The number of ether oxygens (including phenoxy) is 1. The number of carbonyl (C=O) groups excluding carboxylic acids is 2. The van der Waals surface area contributed by atoms with Crippen LogP contribution in [0.15, 0.2) is 10.5 Å². The lowest BCUT2D eigenvalue weighted by Crippen LogP contribution is -2.18. The second-order valence-electron chi connectivity index (χ2n) is 2.97. The number of aromatic nitrogens is 1. The molecule has 0 aliphatic heterocycles. The Morgan fingerprint density at radius 3 is 2.95 bits per heavy atom. The Kier molecular flexibility index (Phi) is 5.57. The molecule has 1 rings (SSSR count). The van der Waals surface area contributed by atoms with Gasteiger partial charge in [0.15, 0.2) is 5.13 Å². The molecule has 0 aliphatic rings. The highest BCUT2D eigenvalue weighted by molar-refractivity contribution is 7.14. The Labute approximate surface area is 110 Å². The van der Waals surface area contributed by atoms with Crippen molar-refractivity contribution in [2.24, 2.45) is 5.16 Å². The number of amides is 1. The molecule has 0 atom stereocenters. The van der Waals surface area contributed by atoms with Crippen LogP contribution in [-0.4, -0.2) is 47.9 Å². The number of anilines is 1. The first-order chi connectivity index (χ1) is 9.08. The molecule has 102 valence electrons. The molecule has 9 nitrogen and oxygen atoms in total. The van der Waals surface area contributed by atoms with E-state index >= 15 is 0 Å².